The van der Waals surface area contributed by atoms with Crippen molar-refractivity contribution < 1.29 is 33.1 Å². The summed E-state index contributed by atoms with van der Waals surface area (Å²) >= 11 is 0. The molecule has 1 heterocycles. The van der Waals surface area contributed by atoms with Crippen LogP contribution in [0.5, 0.6) is 5.75 Å². The second-order valence-corrected chi connectivity index (χ2v) is 12.2. The molecule has 1 aromatic rings. The second-order valence-electron chi connectivity index (χ2n) is 10.1. The number of amides is 1. The van der Waals surface area contributed by atoms with Gasteiger partial charge in [0.2, 0.25) is 0 Å². The molecule has 1 unspecified atom stereocenters. The molecule has 9 nitrogen and oxygen atoms in total. The van der Waals surface area contributed by atoms with Crippen molar-refractivity contribution in [2.45, 2.75) is 89.9 Å². The molecule has 1 fully saturated rings. The Balaban J connectivity index is 2.61. The smallest absolute Gasteiger partial charge is 0.443 e. The first-order chi connectivity index (χ1) is 16.3. The lowest BCUT2D eigenvalue weighted by molar-refractivity contribution is -0.144. The van der Waals surface area contributed by atoms with Gasteiger partial charge in [0, 0.05) is 13.2 Å². The first-order valence-electron chi connectivity index (χ1n) is 12.0. The van der Waals surface area contributed by atoms with Gasteiger partial charge in [0.1, 0.15) is 22.3 Å². The second kappa shape index (κ2) is 12.2. The summed E-state index contributed by atoms with van der Waals surface area (Å²) in [6, 6.07) is 4.36. The van der Waals surface area contributed by atoms with Crippen LogP contribution in [0.2, 0.25) is 0 Å². The van der Waals surface area contributed by atoms with E-state index in [4.69, 9.17) is 14.2 Å². The zero-order chi connectivity index (χ0) is 26.4. The van der Waals surface area contributed by atoms with E-state index < -0.39 is 33.6 Å². The minimum absolute atomic E-state index is 0.0933. The summed E-state index contributed by atoms with van der Waals surface area (Å²) in [5.41, 5.74) is 0.0433. The summed E-state index contributed by atoms with van der Waals surface area (Å²) in [6.45, 7) is 11.3. The number of aliphatic hydroxyl groups is 1. The van der Waals surface area contributed by atoms with Gasteiger partial charge in [-0.15, -0.1) is 4.36 Å². The number of ether oxygens (including phenoxy) is 3. The highest BCUT2D eigenvalue weighted by atomic mass is 32.2. The topological polar surface area (TPSA) is 115 Å². The third-order valence-electron chi connectivity index (χ3n) is 5.66. The molecule has 1 aromatic carbocycles. The van der Waals surface area contributed by atoms with Crippen LogP contribution in [0.25, 0.3) is 0 Å². The molecule has 1 N–H and O–H groups in total. The van der Waals surface area contributed by atoms with Crippen LogP contribution < -0.4 is 4.74 Å². The van der Waals surface area contributed by atoms with E-state index in [0.29, 0.717) is 38.0 Å². The number of aryl methyl sites for hydroxylation is 1. The van der Waals surface area contributed by atoms with Crippen LogP contribution in [0.3, 0.4) is 0 Å². The highest BCUT2D eigenvalue weighted by molar-refractivity contribution is 7.91. The molecule has 10 heteroatoms. The molecule has 198 valence electrons. The summed E-state index contributed by atoms with van der Waals surface area (Å²) in [5.74, 6) is 0.0262. The SMILES string of the molecule is COC(=O)[C@@H]1CCCN1S(=O)(=NC(=O)OC(C)(C)C)c1ccc(C)cc1O[C@H](C)C[C@H](C)CCO. The van der Waals surface area contributed by atoms with E-state index in [1.165, 1.54) is 11.4 Å². The summed E-state index contributed by atoms with van der Waals surface area (Å²) in [4.78, 5) is 25.5. The molecule has 2 rings (SSSR count). The number of carbonyl (C=O) groups excluding carboxylic acids is 2. The Kier molecular flexibility index (Phi) is 10.1. The molecular weight excluding hydrogens is 472 g/mol. The molecule has 1 aliphatic heterocycles. The van der Waals surface area contributed by atoms with Crippen molar-refractivity contribution in [1.82, 2.24) is 4.31 Å². The molecule has 35 heavy (non-hydrogen) atoms. The van der Waals surface area contributed by atoms with E-state index in [1.807, 2.05) is 20.8 Å². The van der Waals surface area contributed by atoms with Crippen molar-refractivity contribution in [2.24, 2.45) is 10.3 Å². The van der Waals surface area contributed by atoms with Gasteiger partial charge in [0.15, 0.2) is 9.92 Å². The largest absolute Gasteiger partial charge is 0.489 e. The zero-order valence-electron chi connectivity index (χ0n) is 21.9. The Morgan fingerprint density at radius 2 is 1.97 bits per heavy atom. The van der Waals surface area contributed by atoms with E-state index >= 15 is 0 Å². The predicted octanol–water partition coefficient (Wildman–Crippen LogP) is 4.49. The molecular formula is C25H40N2O7S. The van der Waals surface area contributed by atoms with Gasteiger partial charge in [-0.3, -0.25) is 4.79 Å². The molecule has 1 saturated heterocycles. The first kappa shape index (κ1) is 29.1. The first-order valence-corrected chi connectivity index (χ1v) is 13.5. The molecule has 1 aliphatic rings. The van der Waals surface area contributed by atoms with Gasteiger partial charge < -0.3 is 19.3 Å². The van der Waals surface area contributed by atoms with E-state index in [9.17, 15) is 18.9 Å². The van der Waals surface area contributed by atoms with E-state index in [0.717, 1.165) is 5.56 Å². The van der Waals surface area contributed by atoms with Crippen molar-refractivity contribution in [3.05, 3.63) is 23.8 Å². The Hall–Kier alpha value is -2.17. The third kappa shape index (κ3) is 7.91. The van der Waals surface area contributed by atoms with Crippen LogP contribution >= 0.6 is 0 Å². The lowest BCUT2D eigenvalue weighted by Gasteiger charge is -2.28. The number of hydrogen-bond donors (Lipinski definition) is 1. The number of nitrogens with zero attached hydrogens (tertiary/aromatic N) is 2. The number of methoxy groups -OCH3 is 1. The Labute approximate surface area is 209 Å². The predicted molar refractivity (Wildman–Crippen MR) is 134 cm³/mol. The molecule has 0 saturated carbocycles. The van der Waals surface area contributed by atoms with E-state index in [-0.39, 0.29) is 23.5 Å². The number of benzene rings is 1. The highest BCUT2D eigenvalue weighted by Gasteiger charge is 2.41. The fourth-order valence-corrected chi connectivity index (χ4v) is 6.34. The van der Waals surface area contributed by atoms with Gasteiger partial charge in [-0.25, -0.2) is 9.00 Å². The zero-order valence-corrected chi connectivity index (χ0v) is 22.7. The normalized spacial score (nSPS) is 19.9. The summed E-state index contributed by atoms with van der Waals surface area (Å²) < 4.78 is 36.8. The van der Waals surface area contributed by atoms with Crippen LogP contribution in [0, 0.1) is 12.8 Å². The van der Waals surface area contributed by atoms with Gasteiger partial charge in [0.25, 0.3) is 0 Å². The maximum atomic E-state index is 14.7. The average Bonchev–Trinajstić information content (AvgIpc) is 3.22. The summed E-state index contributed by atoms with van der Waals surface area (Å²) in [6.07, 6.45) is 1.12. The van der Waals surface area contributed by atoms with Crippen molar-refractivity contribution >= 4 is 22.0 Å². The molecule has 0 spiro atoms. The van der Waals surface area contributed by atoms with Gasteiger partial charge in [-0.05, 0) is 83.9 Å². The number of carbonyl (C=O) groups is 2. The standard InChI is InChI=1S/C25H40N2O7S/c1-17-10-11-22(21(16-17)33-19(3)15-18(2)12-14-28)35(31,26-24(30)34-25(4,5)6)27-13-8-9-20(27)23(29)32-7/h10-11,16,18-20,28H,8-9,12-15H2,1-7H3/t18-,19-,20+,35?/m1/s1. The Morgan fingerprint density at radius 1 is 1.29 bits per heavy atom. The maximum Gasteiger partial charge on any atom is 0.443 e. The fraction of sp³-hybridized carbons (Fsp3) is 0.680. The van der Waals surface area contributed by atoms with Gasteiger partial charge >= 0.3 is 12.1 Å². The number of esters is 1. The van der Waals surface area contributed by atoms with Crippen molar-refractivity contribution in [3.8, 4) is 5.75 Å². The van der Waals surface area contributed by atoms with Crippen molar-refractivity contribution in [2.75, 3.05) is 20.3 Å². The van der Waals surface area contributed by atoms with Crippen LogP contribution in [-0.4, -0.2) is 63.7 Å². The third-order valence-corrected chi connectivity index (χ3v) is 8.04. The van der Waals surface area contributed by atoms with Gasteiger partial charge in [0.05, 0.1) is 13.2 Å². The van der Waals surface area contributed by atoms with Crippen LogP contribution in [0.1, 0.15) is 65.9 Å². The van der Waals surface area contributed by atoms with Crippen LogP contribution in [-0.2, 0) is 24.2 Å². The summed E-state index contributed by atoms with van der Waals surface area (Å²) in [5, 5.41) is 9.22. The maximum absolute atomic E-state index is 14.7. The average molecular weight is 513 g/mol. The fourth-order valence-electron chi connectivity index (χ4n) is 4.11. The molecule has 0 aromatic heterocycles. The number of rotatable bonds is 9. The minimum Gasteiger partial charge on any atom is -0.489 e. The molecule has 4 atom stereocenters. The lowest BCUT2D eigenvalue weighted by atomic mass is 10.0. The van der Waals surface area contributed by atoms with E-state index in [1.54, 1.807) is 39.0 Å². The summed E-state index contributed by atoms with van der Waals surface area (Å²) in [7, 11) is -2.36. The van der Waals surface area contributed by atoms with Gasteiger partial charge in [-0.2, -0.15) is 4.31 Å². The highest BCUT2D eigenvalue weighted by Crippen LogP contribution is 2.36. The van der Waals surface area contributed by atoms with Crippen molar-refractivity contribution in [1.29, 1.82) is 0 Å². The lowest BCUT2D eigenvalue weighted by Crippen LogP contribution is -2.41. The minimum atomic E-state index is -3.64. The number of aliphatic hydroxyl groups excluding tert-OH is 1. The quantitative estimate of drug-likeness (QED) is 0.485. The molecule has 1 amide bonds. The Bertz CT molecular complexity index is 1010. The molecule has 0 aliphatic carbocycles. The van der Waals surface area contributed by atoms with Crippen molar-refractivity contribution in [3.63, 3.8) is 0 Å². The molecule has 0 bridgehead atoms. The monoisotopic (exact) mass is 512 g/mol. The molecule has 0 radical (unpaired) electrons. The van der Waals surface area contributed by atoms with Crippen LogP contribution in [0.15, 0.2) is 27.5 Å². The van der Waals surface area contributed by atoms with Crippen LogP contribution in [0.4, 0.5) is 4.79 Å². The van der Waals surface area contributed by atoms with E-state index in [2.05, 4.69) is 4.36 Å². The number of hydrogen-bond acceptors (Lipinski definition) is 7. The van der Waals surface area contributed by atoms with Gasteiger partial charge in [-0.1, -0.05) is 13.0 Å². The Morgan fingerprint density at radius 3 is 2.57 bits per heavy atom.